The number of amidine groups is 1. The molecule has 3 rings (SSSR count). The molecule has 0 amide bonds. The molecular formula is C15H22N4. The first-order valence-corrected chi connectivity index (χ1v) is 7.09. The Morgan fingerprint density at radius 3 is 2.42 bits per heavy atom. The molecule has 0 bridgehead atoms. The van der Waals surface area contributed by atoms with E-state index >= 15 is 0 Å². The van der Waals surface area contributed by atoms with Crippen LogP contribution in [0.25, 0.3) is 0 Å². The largest absolute Gasteiger partial charge is 0.384 e. The van der Waals surface area contributed by atoms with Crippen LogP contribution in [0, 0.1) is 12.3 Å². The van der Waals surface area contributed by atoms with Gasteiger partial charge in [-0.2, -0.15) is 0 Å². The summed E-state index contributed by atoms with van der Waals surface area (Å²) in [6.45, 7) is 6.60. The molecule has 2 fully saturated rings. The molecule has 0 spiro atoms. The Morgan fingerprint density at radius 2 is 1.89 bits per heavy atom. The Bertz CT molecular complexity index is 485. The lowest BCUT2D eigenvalue weighted by atomic mass is 10.1. The standard InChI is InChI=1S/C15H22N4/c1-11-10-13(4-5-14(11)15(16)17)19-8-6-18(7-9-19)12-2-3-12/h4-5,10,12H,2-3,6-9H2,1H3,(H3,16,17). The molecule has 1 saturated carbocycles. The third-order valence-corrected chi connectivity index (χ3v) is 4.24. The second kappa shape index (κ2) is 4.85. The Balaban J connectivity index is 1.69. The lowest BCUT2D eigenvalue weighted by molar-refractivity contribution is 0.248. The number of aryl methyl sites for hydroxylation is 1. The van der Waals surface area contributed by atoms with Crippen molar-refractivity contribution in [2.45, 2.75) is 25.8 Å². The molecule has 1 aromatic carbocycles. The van der Waals surface area contributed by atoms with E-state index in [1.807, 2.05) is 13.0 Å². The lowest BCUT2D eigenvalue weighted by Crippen LogP contribution is -2.47. The molecule has 3 N–H and O–H groups in total. The first kappa shape index (κ1) is 12.5. The third kappa shape index (κ3) is 2.59. The summed E-state index contributed by atoms with van der Waals surface area (Å²) in [7, 11) is 0. The van der Waals surface area contributed by atoms with Crippen molar-refractivity contribution >= 4 is 11.5 Å². The van der Waals surface area contributed by atoms with E-state index in [0.29, 0.717) is 0 Å². The molecule has 0 radical (unpaired) electrons. The Morgan fingerprint density at radius 1 is 1.21 bits per heavy atom. The molecule has 4 heteroatoms. The molecule has 19 heavy (non-hydrogen) atoms. The highest BCUT2D eigenvalue weighted by Crippen LogP contribution is 2.28. The first-order chi connectivity index (χ1) is 9.15. The number of hydrogen-bond donors (Lipinski definition) is 2. The number of benzene rings is 1. The third-order valence-electron chi connectivity index (χ3n) is 4.24. The number of rotatable bonds is 3. The van der Waals surface area contributed by atoms with Crippen molar-refractivity contribution in [1.29, 1.82) is 5.41 Å². The van der Waals surface area contributed by atoms with Gasteiger partial charge in [-0.25, -0.2) is 0 Å². The van der Waals surface area contributed by atoms with Crippen molar-refractivity contribution in [1.82, 2.24) is 4.90 Å². The summed E-state index contributed by atoms with van der Waals surface area (Å²) < 4.78 is 0. The van der Waals surface area contributed by atoms with Crippen molar-refractivity contribution < 1.29 is 0 Å². The number of hydrogen-bond acceptors (Lipinski definition) is 3. The molecule has 0 unspecified atom stereocenters. The fourth-order valence-corrected chi connectivity index (χ4v) is 2.93. The molecule has 4 nitrogen and oxygen atoms in total. The quantitative estimate of drug-likeness (QED) is 0.639. The number of nitrogens with two attached hydrogens (primary N) is 1. The van der Waals surface area contributed by atoms with Crippen LogP contribution in [-0.2, 0) is 0 Å². The van der Waals surface area contributed by atoms with E-state index in [4.69, 9.17) is 11.1 Å². The smallest absolute Gasteiger partial charge is 0.123 e. The van der Waals surface area contributed by atoms with E-state index < -0.39 is 0 Å². The number of nitrogens with zero attached hydrogens (tertiary/aromatic N) is 2. The van der Waals surface area contributed by atoms with Gasteiger partial charge < -0.3 is 10.6 Å². The lowest BCUT2D eigenvalue weighted by Gasteiger charge is -2.36. The SMILES string of the molecule is Cc1cc(N2CCN(C3CC3)CC2)ccc1C(=N)N. The summed E-state index contributed by atoms with van der Waals surface area (Å²) in [5.74, 6) is 0.155. The van der Waals surface area contributed by atoms with Crippen LogP contribution >= 0.6 is 0 Å². The zero-order chi connectivity index (χ0) is 13.4. The second-order valence-corrected chi connectivity index (χ2v) is 5.67. The maximum Gasteiger partial charge on any atom is 0.123 e. The zero-order valence-electron chi connectivity index (χ0n) is 11.5. The molecular weight excluding hydrogens is 236 g/mol. The minimum absolute atomic E-state index is 0.155. The van der Waals surface area contributed by atoms with Crippen molar-refractivity contribution in [2.75, 3.05) is 31.1 Å². The van der Waals surface area contributed by atoms with E-state index in [9.17, 15) is 0 Å². The topological polar surface area (TPSA) is 56.4 Å². The van der Waals surface area contributed by atoms with Crippen LogP contribution < -0.4 is 10.6 Å². The van der Waals surface area contributed by atoms with Crippen LogP contribution in [0.2, 0.25) is 0 Å². The minimum atomic E-state index is 0.155. The van der Waals surface area contributed by atoms with E-state index in [-0.39, 0.29) is 5.84 Å². The average molecular weight is 258 g/mol. The molecule has 2 aliphatic rings. The van der Waals surface area contributed by atoms with Crippen LogP contribution in [0.15, 0.2) is 18.2 Å². The number of piperazine rings is 1. The Kier molecular flexibility index (Phi) is 3.19. The highest BCUT2D eigenvalue weighted by atomic mass is 15.3. The van der Waals surface area contributed by atoms with E-state index in [1.165, 1.54) is 31.6 Å². The van der Waals surface area contributed by atoms with Gasteiger partial charge in [0.2, 0.25) is 0 Å². The molecule has 1 aliphatic carbocycles. The predicted molar refractivity (Wildman–Crippen MR) is 79.0 cm³/mol. The average Bonchev–Trinajstić information content (AvgIpc) is 3.22. The summed E-state index contributed by atoms with van der Waals surface area (Å²) >= 11 is 0. The van der Waals surface area contributed by atoms with Gasteiger partial charge >= 0.3 is 0 Å². The molecule has 102 valence electrons. The van der Waals surface area contributed by atoms with E-state index in [2.05, 4.69) is 21.9 Å². The summed E-state index contributed by atoms with van der Waals surface area (Å²) in [4.78, 5) is 5.06. The van der Waals surface area contributed by atoms with E-state index in [1.54, 1.807) is 0 Å². The molecule has 1 heterocycles. The van der Waals surface area contributed by atoms with Gasteiger partial charge in [-0.1, -0.05) is 0 Å². The van der Waals surface area contributed by atoms with Crippen LogP contribution in [0.4, 0.5) is 5.69 Å². The molecule has 0 aromatic heterocycles. The normalized spacial score (nSPS) is 20.6. The predicted octanol–water partition coefficient (Wildman–Crippen LogP) is 1.56. The van der Waals surface area contributed by atoms with Gasteiger partial charge in [0.05, 0.1) is 0 Å². The van der Waals surface area contributed by atoms with Crippen molar-refractivity contribution in [3.8, 4) is 0 Å². The molecule has 1 aliphatic heterocycles. The molecule has 1 aromatic rings. The second-order valence-electron chi connectivity index (χ2n) is 5.67. The van der Waals surface area contributed by atoms with Gasteiger partial charge in [-0.05, 0) is 43.5 Å². The van der Waals surface area contributed by atoms with Crippen LogP contribution in [-0.4, -0.2) is 43.0 Å². The fourth-order valence-electron chi connectivity index (χ4n) is 2.93. The summed E-state index contributed by atoms with van der Waals surface area (Å²) in [5.41, 5.74) is 8.77. The van der Waals surface area contributed by atoms with Gasteiger partial charge in [0.15, 0.2) is 0 Å². The monoisotopic (exact) mass is 258 g/mol. The fraction of sp³-hybridized carbons (Fsp3) is 0.533. The number of nitrogen functional groups attached to an aromatic ring is 1. The number of nitrogens with one attached hydrogen (secondary N) is 1. The van der Waals surface area contributed by atoms with Gasteiger partial charge in [0.25, 0.3) is 0 Å². The number of anilines is 1. The molecule has 0 atom stereocenters. The van der Waals surface area contributed by atoms with Crippen LogP contribution in [0.1, 0.15) is 24.0 Å². The molecule has 1 saturated heterocycles. The highest BCUT2D eigenvalue weighted by Gasteiger charge is 2.31. The van der Waals surface area contributed by atoms with Crippen LogP contribution in [0.3, 0.4) is 0 Å². The van der Waals surface area contributed by atoms with Crippen molar-refractivity contribution in [3.63, 3.8) is 0 Å². The maximum absolute atomic E-state index is 7.53. The first-order valence-electron chi connectivity index (χ1n) is 7.09. The minimum Gasteiger partial charge on any atom is -0.384 e. The van der Waals surface area contributed by atoms with E-state index in [0.717, 1.165) is 30.3 Å². The zero-order valence-corrected chi connectivity index (χ0v) is 11.5. The van der Waals surface area contributed by atoms with Gasteiger partial charge in [-0.3, -0.25) is 10.3 Å². The Labute approximate surface area is 114 Å². The van der Waals surface area contributed by atoms with Gasteiger partial charge in [0.1, 0.15) is 5.84 Å². The van der Waals surface area contributed by atoms with Gasteiger partial charge in [0, 0.05) is 43.5 Å². The van der Waals surface area contributed by atoms with Crippen LogP contribution in [0.5, 0.6) is 0 Å². The maximum atomic E-state index is 7.53. The summed E-state index contributed by atoms with van der Waals surface area (Å²) in [5, 5.41) is 7.53. The summed E-state index contributed by atoms with van der Waals surface area (Å²) in [6.07, 6.45) is 2.79. The summed E-state index contributed by atoms with van der Waals surface area (Å²) in [6, 6.07) is 7.10. The van der Waals surface area contributed by atoms with Crippen molar-refractivity contribution in [2.24, 2.45) is 5.73 Å². The highest BCUT2D eigenvalue weighted by molar-refractivity contribution is 5.96. The van der Waals surface area contributed by atoms with Gasteiger partial charge in [-0.15, -0.1) is 0 Å². The Hall–Kier alpha value is -1.55. The van der Waals surface area contributed by atoms with Crippen molar-refractivity contribution in [3.05, 3.63) is 29.3 Å².